The highest BCUT2D eigenvalue weighted by Crippen LogP contribution is 2.29. The number of rotatable bonds is 6. The Bertz CT molecular complexity index is 433. The van der Waals surface area contributed by atoms with Crippen LogP contribution >= 0.6 is 0 Å². The molecule has 2 N–H and O–H groups in total. The lowest BCUT2D eigenvalue weighted by atomic mass is 10.1. The van der Waals surface area contributed by atoms with Crippen molar-refractivity contribution in [3.05, 3.63) is 23.8 Å². The summed E-state index contributed by atoms with van der Waals surface area (Å²) in [4.78, 5) is 13.2. The summed E-state index contributed by atoms with van der Waals surface area (Å²) in [5.74, 6) is 0.593. The first-order valence-corrected chi connectivity index (χ1v) is 6.35. The summed E-state index contributed by atoms with van der Waals surface area (Å²) in [6, 6.07) is 5.04. The van der Waals surface area contributed by atoms with E-state index in [1.54, 1.807) is 33.2 Å². The summed E-state index contributed by atoms with van der Waals surface area (Å²) in [5.41, 5.74) is 0.712. The number of nitrogens with one attached hydrogen (secondary N) is 1. The van der Waals surface area contributed by atoms with Crippen molar-refractivity contribution >= 4 is 5.91 Å². The first-order valence-electron chi connectivity index (χ1n) is 6.35. The van der Waals surface area contributed by atoms with Gasteiger partial charge in [0.15, 0.2) is 11.5 Å². The largest absolute Gasteiger partial charge is 0.504 e. The average Bonchev–Trinajstić information content (AvgIpc) is 2.38. The predicted molar refractivity (Wildman–Crippen MR) is 74.3 cm³/mol. The lowest BCUT2D eigenvalue weighted by Gasteiger charge is -2.18. The van der Waals surface area contributed by atoms with Gasteiger partial charge in [0, 0.05) is 26.2 Å². The Morgan fingerprint density at radius 2 is 2.16 bits per heavy atom. The van der Waals surface area contributed by atoms with Crippen LogP contribution in [0.15, 0.2) is 18.2 Å². The van der Waals surface area contributed by atoms with Crippen molar-refractivity contribution in [3.63, 3.8) is 0 Å². The number of likely N-dealkylation sites (N-methyl/N-ethyl adjacent to an activating group) is 1. The fourth-order valence-corrected chi connectivity index (χ4v) is 1.72. The summed E-state index contributed by atoms with van der Waals surface area (Å²) in [6.07, 6.45) is 0. The fraction of sp³-hybridized carbons (Fsp3) is 0.500. The molecule has 0 aliphatic rings. The maximum absolute atomic E-state index is 11.7. The molecule has 1 rings (SSSR count). The van der Waals surface area contributed by atoms with Crippen LogP contribution in [0.3, 0.4) is 0 Å². The van der Waals surface area contributed by atoms with E-state index in [9.17, 15) is 9.90 Å². The van der Waals surface area contributed by atoms with E-state index in [0.717, 1.165) is 0 Å². The maximum Gasteiger partial charge on any atom is 0.238 e. The number of hydrogen-bond acceptors (Lipinski definition) is 4. The quantitative estimate of drug-likeness (QED) is 0.816. The molecule has 1 aromatic rings. The molecule has 5 nitrogen and oxygen atoms in total. The number of ether oxygens (including phenoxy) is 1. The van der Waals surface area contributed by atoms with Gasteiger partial charge in [0.25, 0.3) is 0 Å². The minimum atomic E-state index is -0.301. The minimum Gasteiger partial charge on any atom is -0.504 e. The Hall–Kier alpha value is -1.75. The van der Waals surface area contributed by atoms with Crippen LogP contribution < -0.4 is 10.1 Å². The second kappa shape index (κ2) is 6.99. The molecule has 19 heavy (non-hydrogen) atoms. The van der Waals surface area contributed by atoms with Crippen molar-refractivity contribution in [3.8, 4) is 11.5 Å². The molecule has 1 atom stereocenters. The fourth-order valence-electron chi connectivity index (χ4n) is 1.72. The van der Waals surface area contributed by atoms with E-state index < -0.39 is 0 Å². The smallest absolute Gasteiger partial charge is 0.238 e. The molecular formula is C14H22N2O3. The number of amides is 1. The van der Waals surface area contributed by atoms with Crippen LogP contribution in [0.1, 0.15) is 19.4 Å². The summed E-state index contributed by atoms with van der Waals surface area (Å²) in [6.45, 7) is 4.57. The first-order chi connectivity index (χ1) is 8.97. The number of aromatic hydroxyl groups is 1. The Labute approximate surface area is 114 Å². The summed E-state index contributed by atoms with van der Waals surface area (Å²) >= 11 is 0. The Kier molecular flexibility index (Phi) is 5.63. The van der Waals surface area contributed by atoms with Crippen molar-refractivity contribution in [1.82, 2.24) is 10.2 Å². The molecule has 0 bridgehead atoms. The van der Waals surface area contributed by atoms with Gasteiger partial charge in [-0.2, -0.15) is 0 Å². The minimum absolute atomic E-state index is 0.000419. The molecule has 0 fully saturated rings. The lowest BCUT2D eigenvalue weighted by Crippen LogP contribution is -2.41. The molecule has 0 saturated carbocycles. The molecule has 0 aromatic heterocycles. The van der Waals surface area contributed by atoms with Gasteiger partial charge >= 0.3 is 0 Å². The highest BCUT2D eigenvalue weighted by molar-refractivity contribution is 5.80. The third-order valence-corrected chi connectivity index (χ3v) is 2.79. The van der Waals surface area contributed by atoms with Crippen molar-refractivity contribution in [1.29, 1.82) is 0 Å². The molecule has 1 amide bonds. The number of benzene rings is 1. The van der Waals surface area contributed by atoms with Gasteiger partial charge in [0.05, 0.1) is 12.6 Å². The van der Waals surface area contributed by atoms with Gasteiger partial charge in [0.2, 0.25) is 5.91 Å². The van der Waals surface area contributed by atoms with Crippen LogP contribution in [0.5, 0.6) is 11.5 Å². The van der Waals surface area contributed by atoms with Gasteiger partial charge in [-0.15, -0.1) is 0 Å². The van der Waals surface area contributed by atoms with Gasteiger partial charge in [-0.1, -0.05) is 12.1 Å². The maximum atomic E-state index is 11.7. The summed E-state index contributed by atoms with van der Waals surface area (Å²) in [7, 11) is 3.43. The number of nitrogens with zero attached hydrogens (tertiary/aromatic N) is 1. The van der Waals surface area contributed by atoms with Crippen molar-refractivity contribution < 1.29 is 14.6 Å². The van der Waals surface area contributed by atoms with E-state index in [2.05, 4.69) is 5.32 Å². The molecule has 0 spiro atoms. The third-order valence-electron chi connectivity index (χ3n) is 2.79. The first kappa shape index (κ1) is 15.3. The van der Waals surface area contributed by atoms with E-state index in [1.165, 1.54) is 4.90 Å². The molecule has 1 aromatic carbocycles. The van der Waals surface area contributed by atoms with E-state index in [4.69, 9.17) is 4.74 Å². The number of para-hydroxylation sites is 1. The normalized spacial score (nSPS) is 12.0. The topological polar surface area (TPSA) is 61.8 Å². The summed E-state index contributed by atoms with van der Waals surface area (Å²) in [5, 5.41) is 13.1. The Morgan fingerprint density at radius 3 is 2.74 bits per heavy atom. The van der Waals surface area contributed by atoms with Crippen LogP contribution in [0.4, 0.5) is 0 Å². The predicted octanol–water partition coefficient (Wildman–Crippen LogP) is 1.36. The molecule has 0 heterocycles. The van der Waals surface area contributed by atoms with Gasteiger partial charge in [-0.3, -0.25) is 4.79 Å². The standard InChI is InChI=1S/C14H22N2O3/c1-5-19-12-8-6-7-11(13(12)17)9-15-10(2)14(18)16(3)4/h6-8,10,15,17H,5,9H2,1-4H3. The zero-order chi connectivity index (χ0) is 14.4. The summed E-state index contributed by atoms with van der Waals surface area (Å²) < 4.78 is 5.32. The van der Waals surface area contributed by atoms with Crippen LogP contribution in [0.2, 0.25) is 0 Å². The number of phenols is 1. The Morgan fingerprint density at radius 1 is 1.47 bits per heavy atom. The zero-order valence-electron chi connectivity index (χ0n) is 11.9. The van der Waals surface area contributed by atoms with Gasteiger partial charge in [-0.25, -0.2) is 0 Å². The van der Waals surface area contributed by atoms with Crippen LogP contribution in [-0.4, -0.2) is 42.7 Å². The molecule has 0 aliphatic carbocycles. The van der Waals surface area contributed by atoms with E-state index >= 15 is 0 Å². The number of hydrogen-bond donors (Lipinski definition) is 2. The molecule has 0 saturated heterocycles. The van der Waals surface area contributed by atoms with Gasteiger partial charge in [0.1, 0.15) is 0 Å². The highest BCUT2D eigenvalue weighted by Gasteiger charge is 2.15. The number of carbonyl (C=O) groups is 1. The molecule has 1 unspecified atom stereocenters. The second-order valence-corrected chi connectivity index (χ2v) is 4.53. The number of carbonyl (C=O) groups excluding carboxylic acids is 1. The van der Waals surface area contributed by atoms with Crippen molar-refractivity contribution in [2.45, 2.75) is 26.4 Å². The monoisotopic (exact) mass is 266 g/mol. The molecule has 5 heteroatoms. The van der Waals surface area contributed by atoms with Crippen LogP contribution in [0.25, 0.3) is 0 Å². The molecule has 0 radical (unpaired) electrons. The SMILES string of the molecule is CCOc1cccc(CNC(C)C(=O)N(C)C)c1O. The Balaban J connectivity index is 2.68. The highest BCUT2D eigenvalue weighted by atomic mass is 16.5. The van der Waals surface area contributed by atoms with E-state index in [1.807, 2.05) is 13.0 Å². The van der Waals surface area contributed by atoms with E-state index in [0.29, 0.717) is 24.5 Å². The second-order valence-electron chi connectivity index (χ2n) is 4.53. The van der Waals surface area contributed by atoms with Crippen molar-refractivity contribution in [2.24, 2.45) is 0 Å². The van der Waals surface area contributed by atoms with Crippen molar-refractivity contribution in [2.75, 3.05) is 20.7 Å². The van der Waals surface area contributed by atoms with Gasteiger partial charge < -0.3 is 20.1 Å². The van der Waals surface area contributed by atoms with Gasteiger partial charge in [-0.05, 0) is 19.9 Å². The van der Waals surface area contributed by atoms with Crippen LogP contribution in [-0.2, 0) is 11.3 Å². The zero-order valence-corrected chi connectivity index (χ0v) is 11.9. The van der Waals surface area contributed by atoms with E-state index in [-0.39, 0.29) is 17.7 Å². The third kappa shape index (κ3) is 4.13. The lowest BCUT2D eigenvalue weighted by molar-refractivity contribution is -0.130. The molecule has 0 aliphatic heterocycles. The molecular weight excluding hydrogens is 244 g/mol. The average molecular weight is 266 g/mol. The number of phenolic OH excluding ortho intramolecular Hbond substituents is 1. The van der Waals surface area contributed by atoms with Crippen LogP contribution in [0, 0.1) is 0 Å². The molecule has 106 valence electrons.